The third-order valence-corrected chi connectivity index (χ3v) is 2.85. The van der Waals surface area contributed by atoms with E-state index in [1.165, 1.54) is 19.2 Å². The summed E-state index contributed by atoms with van der Waals surface area (Å²) in [6.07, 6.45) is 0.845. The summed E-state index contributed by atoms with van der Waals surface area (Å²) in [6.45, 7) is 2.04. The number of hydrogen-bond donors (Lipinski definition) is 1. The number of halogens is 1. The van der Waals surface area contributed by atoms with Gasteiger partial charge in [0.2, 0.25) is 0 Å². The molecular weight excluding hydrogens is 330 g/mol. The van der Waals surface area contributed by atoms with Crippen molar-refractivity contribution in [1.82, 2.24) is 0 Å². The van der Waals surface area contributed by atoms with Crippen LogP contribution in [0.4, 0.5) is 0 Å². The first-order valence-electron chi connectivity index (χ1n) is 5.95. The highest BCUT2D eigenvalue weighted by atomic mass is 79.9. The van der Waals surface area contributed by atoms with Crippen molar-refractivity contribution in [2.75, 3.05) is 20.3 Å². The number of carbonyl (C=O) groups is 2. The van der Waals surface area contributed by atoms with Gasteiger partial charge in [-0.15, -0.1) is 0 Å². The second-order valence-electron chi connectivity index (χ2n) is 3.88. The van der Waals surface area contributed by atoms with Crippen molar-refractivity contribution in [2.45, 2.75) is 13.3 Å². The summed E-state index contributed by atoms with van der Waals surface area (Å²) >= 11 is 3.31. The highest BCUT2D eigenvalue weighted by Crippen LogP contribution is 2.36. The van der Waals surface area contributed by atoms with Crippen LogP contribution < -0.4 is 15.2 Å². The first-order valence-corrected chi connectivity index (χ1v) is 6.74. The van der Waals surface area contributed by atoms with Crippen LogP contribution in [0.1, 0.15) is 23.7 Å². The van der Waals surface area contributed by atoms with Crippen LogP contribution in [0.3, 0.4) is 0 Å². The zero-order valence-corrected chi connectivity index (χ0v) is 12.9. The van der Waals surface area contributed by atoms with Crippen LogP contribution in [0.25, 0.3) is 0 Å². The molecular formula is C13H16BrNO5. The molecule has 0 fully saturated rings. The molecule has 7 heteroatoms. The minimum atomic E-state index is -0.715. The Hall–Kier alpha value is -1.76. The summed E-state index contributed by atoms with van der Waals surface area (Å²) in [5, 5.41) is 0. The molecule has 0 saturated heterocycles. The van der Waals surface area contributed by atoms with E-state index in [-0.39, 0.29) is 5.56 Å². The Morgan fingerprint density at radius 1 is 1.35 bits per heavy atom. The van der Waals surface area contributed by atoms with Gasteiger partial charge in [0, 0.05) is 0 Å². The number of hydrogen-bond acceptors (Lipinski definition) is 5. The van der Waals surface area contributed by atoms with E-state index in [9.17, 15) is 9.59 Å². The predicted octanol–water partition coefficient (Wildman–Crippen LogP) is 1.89. The van der Waals surface area contributed by atoms with E-state index in [0.29, 0.717) is 22.6 Å². The molecule has 0 saturated carbocycles. The maximum absolute atomic E-state index is 11.7. The molecule has 6 nitrogen and oxygen atoms in total. The molecule has 110 valence electrons. The van der Waals surface area contributed by atoms with Crippen LogP contribution in [0.15, 0.2) is 16.6 Å². The summed E-state index contributed by atoms with van der Waals surface area (Å²) in [5.41, 5.74) is 5.15. The van der Waals surface area contributed by atoms with E-state index in [1.807, 2.05) is 6.92 Å². The lowest BCUT2D eigenvalue weighted by atomic mass is 10.2. The first-order chi connectivity index (χ1) is 9.49. The molecule has 20 heavy (non-hydrogen) atoms. The predicted molar refractivity (Wildman–Crippen MR) is 76.0 cm³/mol. The van der Waals surface area contributed by atoms with E-state index in [1.54, 1.807) is 0 Å². The molecule has 0 spiro atoms. The maximum Gasteiger partial charge on any atom is 0.338 e. The van der Waals surface area contributed by atoms with Crippen LogP contribution in [0.5, 0.6) is 11.5 Å². The number of nitrogens with two attached hydrogens (primary N) is 1. The standard InChI is InChI=1S/C13H16BrNO5/c1-3-4-19-12-9(14)5-8(6-10(12)18-2)13(17)20-7-11(15)16/h5-6H,3-4,7H2,1-2H3,(H2,15,16). The summed E-state index contributed by atoms with van der Waals surface area (Å²) in [4.78, 5) is 22.3. The Labute approximate surface area is 125 Å². The number of rotatable bonds is 7. The van der Waals surface area contributed by atoms with Gasteiger partial charge in [-0.3, -0.25) is 4.79 Å². The van der Waals surface area contributed by atoms with Gasteiger partial charge in [0.15, 0.2) is 18.1 Å². The van der Waals surface area contributed by atoms with Crippen LogP contribution in [-0.4, -0.2) is 32.2 Å². The normalized spacial score (nSPS) is 9.95. The Balaban J connectivity index is 2.97. The molecule has 1 aromatic carbocycles. The largest absolute Gasteiger partial charge is 0.493 e. The molecule has 0 aliphatic rings. The first kappa shape index (κ1) is 16.3. The van der Waals surface area contributed by atoms with E-state index in [0.717, 1.165) is 6.42 Å². The van der Waals surface area contributed by atoms with Crippen molar-refractivity contribution >= 4 is 27.8 Å². The molecule has 0 aliphatic heterocycles. The number of amides is 1. The number of primary amides is 1. The molecule has 0 radical (unpaired) electrons. The molecule has 0 aromatic heterocycles. The average Bonchev–Trinajstić information content (AvgIpc) is 2.42. The van der Waals surface area contributed by atoms with Gasteiger partial charge in [0.25, 0.3) is 5.91 Å². The quantitative estimate of drug-likeness (QED) is 0.762. The van der Waals surface area contributed by atoms with Gasteiger partial charge < -0.3 is 19.9 Å². The van der Waals surface area contributed by atoms with Gasteiger partial charge in [-0.1, -0.05) is 6.92 Å². The number of ether oxygens (including phenoxy) is 3. The molecule has 1 amide bonds. The van der Waals surface area contributed by atoms with Crippen molar-refractivity contribution in [3.05, 3.63) is 22.2 Å². The summed E-state index contributed by atoms with van der Waals surface area (Å²) in [5.74, 6) is -0.461. The van der Waals surface area contributed by atoms with E-state index >= 15 is 0 Å². The fourth-order valence-corrected chi connectivity index (χ4v) is 1.96. The van der Waals surface area contributed by atoms with Crippen LogP contribution in [0, 0.1) is 0 Å². The minimum Gasteiger partial charge on any atom is -0.493 e. The molecule has 1 rings (SSSR count). The molecule has 0 atom stereocenters. The molecule has 1 aromatic rings. The molecule has 0 aliphatic carbocycles. The molecule has 2 N–H and O–H groups in total. The van der Waals surface area contributed by atoms with Gasteiger partial charge in [0.1, 0.15) is 0 Å². The monoisotopic (exact) mass is 345 g/mol. The van der Waals surface area contributed by atoms with Crippen LogP contribution in [-0.2, 0) is 9.53 Å². The Morgan fingerprint density at radius 3 is 2.60 bits per heavy atom. The Kier molecular flexibility index (Phi) is 6.30. The number of carbonyl (C=O) groups excluding carboxylic acids is 2. The third kappa shape index (κ3) is 4.41. The smallest absolute Gasteiger partial charge is 0.338 e. The van der Waals surface area contributed by atoms with Crippen LogP contribution >= 0.6 is 15.9 Å². The zero-order chi connectivity index (χ0) is 15.1. The fourth-order valence-electron chi connectivity index (χ4n) is 1.40. The van der Waals surface area contributed by atoms with E-state index in [4.69, 9.17) is 19.9 Å². The van der Waals surface area contributed by atoms with Gasteiger partial charge in [-0.2, -0.15) is 0 Å². The van der Waals surface area contributed by atoms with Gasteiger partial charge in [-0.05, 0) is 34.5 Å². The minimum absolute atomic E-state index is 0.235. The lowest BCUT2D eigenvalue weighted by Crippen LogP contribution is -2.21. The number of methoxy groups -OCH3 is 1. The van der Waals surface area contributed by atoms with Crippen molar-refractivity contribution in [2.24, 2.45) is 5.73 Å². The Bertz CT molecular complexity index is 504. The average molecular weight is 346 g/mol. The second-order valence-corrected chi connectivity index (χ2v) is 4.73. The highest BCUT2D eigenvalue weighted by molar-refractivity contribution is 9.10. The lowest BCUT2D eigenvalue weighted by Gasteiger charge is -2.13. The van der Waals surface area contributed by atoms with Crippen molar-refractivity contribution < 1.29 is 23.8 Å². The molecule has 0 heterocycles. The van der Waals surface area contributed by atoms with Crippen molar-refractivity contribution in [1.29, 1.82) is 0 Å². The van der Waals surface area contributed by atoms with Crippen molar-refractivity contribution in [3.63, 3.8) is 0 Å². The Morgan fingerprint density at radius 2 is 2.05 bits per heavy atom. The van der Waals surface area contributed by atoms with Gasteiger partial charge in [-0.25, -0.2) is 4.79 Å². The molecule has 0 bridgehead atoms. The van der Waals surface area contributed by atoms with E-state index < -0.39 is 18.5 Å². The maximum atomic E-state index is 11.7. The van der Waals surface area contributed by atoms with Crippen LogP contribution in [0.2, 0.25) is 0 Å². The number of benzene rings is 1. The fraction of sp³-hybridized carbons (Fsp3) is 0.385. The zero-order valence-electron chi connectivity index (χ0n) is 11.3. The van der Waals surface area contributed by atoms with E-state index in [2.05, 4.69) is 15.9 Å². The topological polar surface area (TPSA) is 87.9 Å². The summed E-state index contributed by atoms with van der Waals surface area (Å²) in [6, 6.07) is 3.02. The summed E-state index contributed by atoms with van der Waals surface area (Å²) < 4.78 is 16.0. The van der Waals surface area contributed by atoms with Crippen molar-refractivity contribution in [3.8, 4) is 11.5 Å². The highest BCUT2D eigenvalue weighted by Gasteiger charge is 2.16. The van der Waals surface area contributed by atoms with Gasteiger partial charge in [0.05, 0.1) is 23.8 Å². The molecule has 0 unspecified atom stereocenters. The SMILES string of the molecule is CCCOc1c(Br)cc(C(=O)OCC(N)=O)cc1OC. The van der Waals surface area contributed by atoms with Gasteiger partial charge >= 0.3 is 5.97 Å². The lowest BCUT2D eigenvalue weighted by molar-refractivity contribution is -0.121. The number of esters is 1. The third-order valence-electron chi connectivity index (χ3n) is 2.26. The second kappa shape index (κ2) is 7.74. The summed E-state index contributed by atoms with van der Waals surface area (Å²) in [7, 11) is 1.47.